The van der Waals surface area contributed by atoms with Crippen LogP contribution in [0.2, 0.25) is 0 Å². The smallest absolute Gasteiger partial charge is 0.116 e. The standard InChI is InChI=1S/C31H32N6S/c1-6-9-10-19(4)34-22(8-3)13-21(7-2)26-15-24-29(18-33-26)36-37-31(24)27-14-23-25(16-32-17-28(23)35-27)30-12-11-20(5)38-30/h7-8,11-18,34-35H,3-4,6,9-10H2,1-2,5H3,(H,36,37)/b21-7+,22-13+. The Morgan fingerprint density at radius 3 is 2.74 bits per heavy atom. The maximum Gasteiger partial charge on any atom is 0.116 e. The van der Waals surface area contributed by atoms with Crippen molar-refractivity contribution in [2.45, 2.75) is 40.0 Å². The zero-order chi connectivity index (χ0) is 26.6. The van der Waals surface area contributed by atoms with Gasteiger partial charge in [0.2, 0.25) is 0 Å². The van der Waals surface area contributed by atoms with E-state index in [0.29, 0.717) is 0 Å². The summed E-state index contributed by atoms with van der Waals surface area (Å²) in [7, 11) is 0. The molecule has 0 fully saturated rings. The second-order valence-corrected chi connectivity index (χ2v) is 10.6. The number of rotatable bonds is 10. The summed E-state index contributed by atoms with van der Waals surface area (Å²) in [5.41, 5.74) is 8.49. The number of aryl methyl sites for hydroxylation is 1. The fourth-order valence-electron chi connectivity index (χ4n) is 4.51. The van der Waals surface area contributed by atoms with E-state index in [1.165, 1.54) is 9.75 Å². The van der Waals surface area contributed by atoms with Gasteiger partial charge < -0.3 is 10.3 Å². The van der Waals surface area contributed by atoms with Crippen LogP contribution < -0.4 is 5.32 Å². The van der Waals surface area contributed by atoms with Gasteiger partial charge in [-0.15, -0.1) is 11.3 Å². The maximum absolute atomic E-state index is 4.71. The number of hydrogen-bond acceptors (Lipinski definition) is 5. The first-order chi connectivity index (χ1) is 18.5. The van der Waals surface area contributed by atoms with Crippen molar-refractivity contribution in [3.63, 3.8) is 0 Å². The quantitative estimate of drug-likeness (QED) is 0.162. The first-order valence-electron chi connectivity index (χ1n) is 12.8. The molecule has 0 saturated carbocycles. The molecule has 6 nitrogen and oxygen atoms in total. The van der Waals surface area contributed by atoms with Crippen molar-refractivity contribution in [1.82, 2.24) is 30.5 Å². The Labute approximate surface area is 226 Å². The van der Waals surface area contributed by atoms with Crippen LogP contribution >= 0.6 is 11.3 Å². The van der Waals surface area contributed by atoms with Gasteiger partial charge in [0, 0.05) is 43.7 Å². The highest BCUT2D eigenvalue weighted by Crippen LogP contribution is 2.36. The summed E-state index contributed by atoms with van der Waals surface area (Å²) >= 11 is 1.77. The summed E-state index contributed by atoms with van der Waals surface area (Å²) in [5.74, 6) is 0. The predicted molar refractivity (Wildman–Crippen MR) is 161 cm³/mol. The molecule has 0 aromatic carbocycles. The van der Waals surface area contributed by atoms with E-state index in [9.17, 15) is 0 Å². The van der Waals surface area contributed by atoms with Crippen molar-refractivity contribution in [3.8, 4) is 21.8 Å². The Morgan fingerprint density at radius 2 is 2.00 bits per heavy atom. The van der Waals surface area contributed by atoms with Crippen LogP contribution in [-0.2, 0) is 0 Å². The van der Waals surface area contributed by atoms with E-state index in [2.05, 4.69) is 88.9 Å². The zero-order valence-electron chi connectivity index (χ0n) is 22.1. The molecule has 0 unspecified atom stereocenters. The third kappa shape index (κ3) is 5.10. The summed E-state index contributed by atoms with van der Waals surface area (Å²) < 4.78 is 0. The van der Waals surface area contributed by atoms with Crippen molar-refractivity contribution in [2.75, 3.05) is 0 Å². The fraction of sp³-hybridized carbons (Fsp3) is 0.194. The number of H-pyrrole nitrogens is 2. The third-order valence-electron chi connectivity index (χ3n) is 6.54. The normalized spacial score (nSPS) is 12.4. The van der Waals surface area contributed by atoms with Gasteiger partial charge >= 0.3 is 0 Å². The Hall–Kier alpha value is -4.23. The molecule has 0 aliphatic rings. The van der Waals surface area contributed by atoms with E-state index < -0.39 is 0 Å². The first-order valence-corrected chi connectivity index (χ1v) is 13.7. The minimum atomic E-state index is 0.850. The lowest BCUT2D eigenvalue weighted by atomic mass is 10.1. The van der Waals surface area contributed by atoms with Gasteiger partial charge in [0.05, 0.1) is 34.8 Å². The van der Waals surface area contributed by atoms with Crippen molar-refractivity contribution in [1.29, 1.82) is 0 Å². The van der Waals surface area contributed by atoms with Gasteiger partial charge in [-0.05, 0) is 68.7 Å². The Balaban J connectivity index is 1.51. The molecule has 0 aliphatic heterocycles. The number of aromatic nitrogens is 5. The van der Waals surface area contributed by atoms with Gasteiger partial charge in [-0.25, -0.2) is 0 Å². The molecular weight excluding hydrogens is 488 g/mol. The van der Waals surface area contributed by atoms with Crippen LogP contribution in [0.4, 0.5) is 0 Å². The molecule has 0 amide bonds. The number of nitrogens with one attached hydrogen (secondary N) is 3. The second kappa shape index (κ2) is 11.0. The number of hydrogen-bond donors (Lipinski definition) is 3. The van der Waals surface area contributed by atoms with Crippen LogP contribution in [0.15, 0.2) is 85.6 Å². The molecule has 5 aromatic heterocycles. The zero-order valence-corrected chi connectivity index (χ0v) is 22.9. The minimum absolute atomic E-state index is 0.850. The van der Waals surface area contributed by atoms with E-state index in [-0.39, 0.29) is 0 Å². The molecule has 38 heavy (non-hydrogen) atoms. The Kier molecular flexibility index (Phi) is 7.38. The molecule has 5 heterocycles. The van der Waals surface area contributed by atoms with Crippen LogP contribution in [0, 0.1) is 6.92 Å². The molecule has 0 aliphatic carbocycles. The Morgan fingerprint density at radius 1 is 1.13 bits per heavy atom. The molecule has 7 heteroatoms. The molecule has 5 rings (SSSR count). The van der Waals surface area contributed by atoms with Gasteiger partial charge in [-0.1, -0.05) is 32.6 Å². The molecule has 0 saturated heterocycles. The van der Waals surface area contributed by atoms with Crippen molar-refractivity contribution < 1.29 is 0 Å². The third-order valence-corrected chi connectivity index (χ3v) is 7.58. The summed E-state index contributed by atoms with van der Waals surface area (Å²) in [4.78, 5) is 15.2. The largest absolute Gasteiger partial charge is 0.359 e. The highest BCUT2D eigenvalue weighted by Gasteiger charge is 2.16. The molecule has 0 atom stereocenters. The van der Waals surface area contributed by atoms with Crippen LogP contribution in [0.3, 0.4) is 0 Å². The summed E-state index contributed by atoms with van der Waals surface area (Å²) in [5, 5.41) is 13.3. The minimum Gasteiger partial charge on any atom is -0.359 e. The van der Waals surface area contributed by atoms with Crippen LogP contribution in [0.1, 0.15) is 43.7 Å². The van der Waals surface area contributed by atoms with E-state index in [1.54, 1.807) is 11.3 Å². The lowest BCUT2D eigenvalue weighted by Gasteiger charge is -2.11. The molecule has 3 N–H and O–H groups in total. The van der Waals surface area contributed by atoms with Crippen LogP contribution in [0.5, 0.6) is 0 Å². The number of thiophene rings is 1. The molecular formula is C31H32N6S. The second-order valence-electron chi connectivity index (χ2n) is 9.31. The monoisotopic (exact) mass is 520 g/mol. The molecule has 0 bridgehead atoms. The molecule has 0 spiro atoms. The van der Waals surface area contributed by atoms with Crippen molar-refractivity contribution in [2.24, 2.45) is 0 Å². The van der Waals surface area contributed by atoms with Gasteiger partial charge in [0.15, 0.2) is 0 Å². The molecule has 5 aromatic rings. The summed E-state index contributed by atoms with van der Waals surface area (Å²) in [6.07, 6.45) is 14.7. The maximum atomic E-state index is 4.71. The first kappa shape index (κ1) is 25.4. The number of allylic oxidation sites excluding steroid dienone is 5. The lowest BCUT2D eigenvalue weighted by molar-refractivity contribution is 0.751. The van der Waals surface area contributed by atoms with Gasteiger partial charge in [0.25, 0.3) is 0 Å². The SMILES string of the molecule is C=C/C(=C\C(=C/C)c1cc2c(-c3cc4c(-c5ccc(C)s5)cncc4[nH]3)n[nH]c2cn1)NC(=C)CCCC. The van der Waals surface area contributed by atoms with E-state index in [4.69, 9.17) is 4.98 Å². The highest BCUT2D eigenvalue weighted by atomic mass is 32.1. The Bertz CT molecular complexity index is 1690. The van der Waals surface area contributed by atoms with Crippen LogP contribution in [-0.4, -0.2) is 25.1 Å². The van der Waals surface area contributed by atoms with E-state index in [1.807, 2.05) is 31.6 Å². The average Bonchev–Trinajstić information content (AvgIpc) is 3.66. The number of aromatic amines is 2. The number of nitrogens with zero attached hydrogens (tertiary/aromatic N) is 3. The predicted octanol–water partition coefficient (Wildman–Crippen LogP) is 8.30. The summed E-state index contributed by atoms with van der Waals surface area (Å²) in [6.45, 7) is 14.4. The molecule has 192 valence electrons. The average molecular weight is 521 g/mol. The van der Waals surface area contributed by atoms with Crippen molar-refractivity contribution >= 4 is 38.7 Å². The summed E-state index contributed by atoms with van der Waals surface area (Å²) in [6, 6.07) is 8.54. The fourth-order valence-corrected chi connectivity index (χ4v) is 5.40. The van der Waals surface area contributed by atoms with Gasteiger partial charge in [-0.2, -0.15) is 5.10 Å². The van der Waals surface area contributed by atoms with Crippen molar-refractivity contribution in [3.05, 3.63) is 96.2 Å². The van der Waals surface area contributed by atoms with E-state index >= 15 is 0 Å². The number of fused-ring (bicyclic) bond motifs is 2. The van der Waals surface area contributed by atoms with E-state index in [0.717, 1.165) is 80.7 Å². The highest BCUT2D eigenvalue weighted by molar-refractivity contribution is 7.15. The van der Waals surface area contributed by atoms with Gasteiger partial charge in [-0.3, -0.25) is 15.1 Å². The molecule has 0 radical (unpaired) electrons. The van der Waals surface area contributed by atoms with Gasteiger partial charge in [0.1, 0.15) is 5.69 Å². The van der Waals surface area contributed by atoms with Crippen LogP contribution in [0.25, 0.3) is 49.2 Å². The lowest BCUT2D eigenvalue weighted by Crippen LogP contribution is -2.10. The topological polar surface area (TPSA) is 82.3 Å². The number of pyridine rings is 2. The number of unbranched alkanes of at least 4 members (excludes halogenated alkanes) is 1.